The predicted octanol–water partition coefficient (Wildman–Crippen LogP) is 4.72. The minimum Gasteiger partial charge on any atom is -0.345 e. The number of aryl methyl sites for hydroxylation is 2. The Morgan fingerprint density at radius 2 is 1.88 bits per heavy atom. The third-order valence-electron chi connectivity index (χ3n) is 4.88. The Balaban J connectivity index is 1.19. The van der Waals surface area contributed by atoms with Crippen LogP contribution in [0.2, 0.25) is 0 Å². The number of unbranched alkanes of at least 4 members (excludes halogenated alkanes) is 2. The van der Waals surface area contributed by atoms with Gasteiger partial charge in [0, 0.05) is 17.9 Å². The molecule has 1 aromatic carbocycles. The van der Waals surface area contributed by atoms with Crippen molar-refractivity contribution in [3.8, 4) is 0 Å². The van der Waals surface area contributed by atoms with Gasteiger partial charge in [0.1, 0.15) is 29.0 Å². The number of fused-ring (bicyclic) bond motifs is 1. The van der Waals surface area contributed by atoms with E-state index in [1.165, 1.54) is 23.5 Å². The number of benzene rings is 1. The molecule has 0 aliphatic heterocycles. The summed E-state index contributed by atoms with van der Waals surface area (Å²) in [4.78, 5) is 27.8. The first-order valence-corrected chi connectivity index (χ1v) is 11.0. The number of H-pyrrole nitrogens is 1. The van der Waals surface area contributed by atoms with E-state index in [-0.39, 0.29) is 23.7 Å². The minimum atomic E-state index is -0.806. The Hall–Kier alpha value is -3.27. The molecule has 3 aromatic heterocycles. The summed E-state index contributed by atoms with van der Waals surface area (Å²) in [6.07, 6.45) is 5.22. The number of thiazole rings is 1. The third kappa shape index (κ3) is 5.50. The van der Waals surface area contributed by atoms with Crippen LogP contribution in [0.5, 0.6) is 0 Å². The van der Waals surface area contributed by atoms with E-state index >= 15 is 0 Å². The molecule has 0 aliphatic carbocycles. The second-order valence-corrected chi connectivity index (χ2v) is 8.24. The normalized spacial score (nSPS) is 11.2. The van der Waals surface area contributed by atoms with E-state index in [0.717, 1.165) is 60.7 Å². The number of pyridine rings is 1. The van der Waals surface area contributed by atoms with Gasteiger partial charge in [0.15, 0.2) is 0 Å². The van der Waals surface area contributed by atoms with Crippen LogP contribution in [0.1, 0.15) is 46.3 Å². The summed E-state index contributed by atoms with van der Waals surface area (Å²) in [5, 5.41) is 5.05. The van der Waals surface area contributed by atoms with Crippen LogP contribution in [-0.2, 0) is 19.4 Å². The lowest BCUT2D eigenvalue weighted by Gasteiger charge is -2.04. The maximum Gasteiger partial charge on any atom is 0.271 e. The van der Waals surface area contributed by atoms with E-state index in [2.05, 4.69) is 25.3 Å². The van der Waals surface area contributed by atoms with E-state index in [9.17, 15) is 18.0 Å². The number of halogens is 3. The first-order chi connectivity index (χ1) is 15.5. The Kier molecular flexibility index (Phi) is 6.79. The molecule has 0 fully saturated rings. The highest BCUT2D eigenvalue weighted by molar-refractivity contribution is 7.09. The summed E-state index contributed by atoms with van der Waals surface area (Å²) >= 11 is 1.40. The summed E-state index contributed by atoms with van der Waals surface area (Å²) in [6.45, 7) is -0.147. The third-order valence-corrected chi connectivity index (χ3v) is 5.79. The molecule has 3 heterocycles. The van der Waals surface area contributed by atoms with Crippen LogP contribution in [0.15, 0.2) is 35.8 Å². The molecule has 4 rings (SSSR count). The van der Waals surface area contributed by atoms with Crippen molar-refractivity contribution in [3.05, 3.63) is 75.5 Å². The van der Waals surface area contributed by atoms with Crippen molar-refractivity contribution < 1.29 is 18.0 Å². The molecular weight excluding hydrogens is 439 g/mol. The summed E-state index contributed by atoms with van der Waals surface area (Å²) in [7, 11) is 0. The summed E-state index contributed by atoms with van der Waals surface area (Å²) < 4.78 is 39.7. The molecule has 4 aromatic rings. The van der Waals surface area contributed by atoms with Crippen molar-refractivity contribution in [1.82, 2.24) is 25.3 Å². The number of nitrogens with zero attached hydrogens (tertiary/aromatic N) is 3. The SMILES string of the molecule is O=C(NCc1ncc(F)cc1F)c1csc(CCCCCc2nc3ccc(F)cc3[nH]2)n1. The zero-order valence-electron chi connectivity index (χ0n) is 17.0. The molecule has 1 amide bonds. The van der Waals surface area contributed by atoms with Crippen molar-refractivity contribution in [1.29, 1.82) is 0 Å². The van der Waals surface area contributed by atoms with Gasteiger partial charge in [-0.05, 0) is 37.5 Å². The number of carbonyl (C=O) groups excluding carboxylic acids is 1. The lowest BCUT2D eigenvalue weighted by atomic mass is 10.1. The van der Waals surface area contributed by atoms with E-state index in [4.69, 9.17) is 0 Å². The maximum atomic E-state index is 13.6. The molecule has 2 N–H and O–H groups in total. The van der Waals surface area contributed by atoms with Crippen molar-refractivity contribution in [2.45, 2.75) is 38.6 Å². The number of rotatable bonds is 9. The Labute approximate surface area is 185 Å². The largest absolute Gasteiger partial charge is 0.345 e. The van der Waals surface area contributed by atoms with Gasteiger partial charge in [-0.25, -0.2) is 23.1 Å². The van der Waals surface area contributed by atoms with Crippen LogP contribution in [-0.4, -0.2) is 25.8 Å². The highest BCUT2D eigenvalue weighted by Crippen LogP contribution is 2.16. The second-order valence-electron chi connectivity index (χ2n) is 7.30. The van der Waals surface area contributed by atoms with E-state index < -0.39 is 17.5 Å². The highest BCUT2D eigenvalue weighted by Gasteiger charge is 2.13. The van der Waals surface area contributed by atoms with Crippen molar-refractivity contribution in [2.24, 2.45) is 0 Å². The van der Waals surface area contributed by atoms with Gasteiger partial charge >= 0.3 is 0 Å². The van der Waals surface area contributed by atoms with Crippen LogP contribution in [0, 0.1) is 17.5 Å². The molecule has 32 heavy (non-hydrogen) atoms. The molecule has 0 spiro atoms. The van der Waals surface area contributed by atoms with Gasteiger partial charge in [-0.15, -0.1) is 11.3 Å². The molecule has 0 bridgehead atoms. The van der Waals surface area contributed by atoms with E-state index in [0.29, 0.717) is 5.52 Å². The number of hydrogen-bond acceptors (Lipinski definition) is 5. The standard InChI is InChI=1S/C22H20F3N5OS/c23-13-6-7-16-17(9-13)29-20(28-16)4-2-1-3-5-21-30-19(12-32-21)22(31)27-11-18-15(25)8-14(24)10-26-18/h6-10,12H,1-5,11H2,(H,27,31)(H,28,29). The molecule has 0 aliphatic rings. The smallest absolute Gasteiger partial charge is 0.271 e. The summed E-state index contributed by atoms with van der Waals surface area (Å²) in [5.74, 6) is -1.46. The van der Waals surface area contributed by atoms with Crippen molar-refractivity contribution in [3.63, 3.8) is 0 Å². The Bertz CT molecular complexity index is 1240. The Morgan fingerprint density at radius 3 is 2.72 bits per heavy atom. The molecule has 0 unspecified atom stereocenters. The van der Waals surface area contributed by atoms with Crippen molar-refractivity contribution in [2.75, 3.05) is 0 Å². The first kappa shape index (κ1) is 21.9. The monoisotopic (exact) mass is 459 g/mol. The number of hydrogen-bond donors (Lipinski definition) is 2. The highest BCUT2D eigenvalue weighted by atomic mass is 32.1. The fourth-order valence-electron chi connectivity index (χ4n) is 3.26. The van der Waals surface area contributed by atoms with Crippen LogP contribution in [0.4, 0.5) is 13.2 Å². The Morgan fingerprint density at radius 1 is 1.03 bits per heavy atom. The number of aromatic nitrogens is 4. The molecular formula is C22H20F3N5OS. The van der Waals surface area contributed by atoms with Gasteiger partial charge in [-0.3, -0.25) is 9.78 Å². The summed E-state index contributed by atoms with van der Waals surface area (Å²) in [5.41, 5.74) is 1.69. The topological polar surface area (TPSA) is 83.6 Å². The minimum absolute atomic E-state index is 0.0372. The van der Waals surface area contributed by atoms with Crippen LogP contribution >= 0.6 is 11.3 Å². The summed E-state index contributed by atoms with van der Waals surface area (Å²) in [6, 6.07) is 5.22. The molecule has 166 valence electrons. The predicted molar refractivity (Wildman–Crippen MR) is 115 cm³/mol. The van der Waals surface area contributed by atoms with Gasteiger partial charge in [0.2, 0.25) is 0 Å². The van der Waals surface area contributed by atoms with Gasteiger partial charge in [-0.1, -0.05) is 6.42 Å². The quantitative estimate of drug-likeness (QED) is 0.355. The van der Waals surface area contributed by atoms with Crippen LogP contribution in [0.3, 0.4) is 0 Å². The fourth-order valence-corrected chi connectivity index (χ4v) is 4.08. The number of aromatic amines is 1. The molecule has 10 heteroatoms. The zero-order chi connectivity index (χ0) is 22.5. The zero-order valence-corrected chi connectivity index (χ0v) is 17.8. The van der Waals surface area contributed by atoms with E-state index in [1.54, 1.807) is 11.4 Å². The number of imidazole rings is 1. The first-order valence-electron chi connectivity index (χ1n) is 10.1. The van der Waals surface area contributed by atoms with Gasteiger partial charge < -0.3 is 10.3 Å². The molecule has 0 atom stereocenters. The molecule has 6 nitrogen and oxygen atoms in total. The lowest BCUT2D eigenvalue weighted by Crippen LogP contribution is -2.24. The number of carbonyl (C=O) groups is 1. The van der Waals surface area contributed by atoms with Crippen molar-refractivity contribution >= 4 is 28.3 Å². The lowest BCUT2D eigenvalue weighted by molar-refractivity contribution is 0.0945. The number of amides is 1. The van der Waals surface area contributed by atoms with Gasteiger partial charge in [-0.2, -0.15) is 0 Å². The maximum absolute atomic E-state index is 13.6. The molecule has 0 saturated carbocycles. The fraction of sp³-hybridized carbons (Fsp3) is 0.273. The molecule has 0 saturated heterocycles. The second kappa shape index (κ2) is 9.90. The van der Waals surface area contributed by atoms with E-state index in [1.807, 2.05) is 0 Å². The molecule has 0 radical (unpaired) electrons. The number of nitrogens with one attached hydrogen (secondary N) is 2. The van der Waals surface area contributed by atoms with Gasteiger partial charge in [0.05, 0.1) is 34.5 Å². The average Bonchev–Trinajstić information content (AvgIpc) is 3.39. The van der Waals surface area contributed by atoms with Crippen LogP contribution in [0.25, 0.3) is 11.0 Å². The van der Waals surface area contributed by atoms with Crippen LogP contribution < -0.4 is 5.32 Å². The average molecular weight is 459 g/mol. The van der Waals surface area contributed by atoms with Gasteiger partial charge in [0.25, 0.3) is 5.91 Å².